The Balaban J connectivity index is 1.40. The molecule has 4 aromatic rings. The van der Waals surface area contributed by atoms with Crippen molar-refractivity contribution in [3.63, 3.8) is 0 Å². The van der Waals surface area contributed by atoms with Gasteiger partial charge in [0.2, 0.25) is 0 Å². The number of aromatic nitrogens is 2. The van der Waals surface area contributed by atoms with Crippen molar-refractivity contribution in [3.05, 3.63) is 70.5 Å². The van der Waals surface area contributed by atoms with Crippen molar-refractivity contribution >= 4 is 34.3 Å². The zero-order valence-electron chi connectivity index (χ0n) is 16.6. The lowest BCUT2D eigenvalue weighted by Gasteiger charge is -2.08. The molecular weight excluding hydrogens is 421 g/mol. The number of carbonyl (C=O) groups excluding carboxylic acids is 2. The SMILES string of the molecule is Cc1noc2nc(-c3cccs3)cc(C(=O)OCC(=O)NCCc3ccc(F)cc3)c12. The molecular formula is C22H18FN3O4S. The first-order chi connectivity index (χ1) is 15.0. The summed E-state index contributed by atoms with van der Waals surface area (Å²) in [5, 5.41) is 8.93. The molecule has 158 valence electrons. The second-order valence-corrected chi connectivity index (χ2v) is 7.73. The van der Waals surface area contributed by atoms with Crippen LogP contribution in [-0.2, 0) is 16.0 Å². The Kier molecular flexibility index (Phi) is 6.03. The Morgan fingerprint density at radius 2 is 2.03 bits per heavy atom. The van der Waals surface area contributed by atoms with Gasteiger partial charge in [0.1, 0.15) is 5.82 Å². The minimum Gasteiger partial charge on any atom is -0.452 e. The van der Waals surface area contributed by atoms with E-state index in [1.54, 1.807) is 25.1 Å². The van der Waals surface area contributed by atoms with Crippen LogP contribution in [0.2, 0.25) is 0 Å². The summed E-state index contributed by atoms with van der Waals surface area (Å²) in [4.78, 5) is 30.1. The minimum absolute atomic E-state index is 0.235. The molecule has 1 N–H and O–H groups in total. The number of ether oxygens (including phenoxy) is 1. The van der Waals surface area contributed by atoms with Crippen LogP contribution >= 0.6 is 11.3 Å². The fraction of sp³-hybridized carbons (Fsp3) is 0.182. The second kappa shape index (κ2) is 9.05. The predicted octanol–water partition coefficient (Wildman–Crippen LogP) is 3.91. The lowest BCUT2D eigenvalue weighted by molar-refractivity contribution is -0.124. The van der Waals surface area contributed by atoms with Crippen LogP contribution in [0.4, 0.5) is 4.39 Å². The molecule has 0 spiro atoms. The number of nitrogens with zero attached hydrogens (tertiary/aromatic N) is 2. The molecule has 0 atom stereocenters. The third kappa shape index (κ3) is 4.77. The van der Waals surface area contributed by atoms with E-state index < -0.39 is 18.5 Å². The zero-order chi connectivity index (χ0) is 21.8. The molecule has 3 heterocycles. The lowest BCUT2D eigenvalue weighted by atomic mass is 10.1. The van der Waals surface area contributed by atoms with E-state index in [4.69, 9.17) is 9.26 Å². The van der Waals surface area contributed by atoms with Crippen LogP contribution in [0.5, 0.6) is 0 Å². The van der Waals surface area contributed by atoms with E-state index in [9.17, 15) is 14.0 Å². The average Bonchev–Trinajstić information content (AvgIpc) is 3.43. The molecule has 0 fully saturated rings. The first-order valence-corrected chi connectivity index (χ1v) is 10.4. The van der Waals surface area contributed by atoms with Crippen molar-refractivity contribution in [3.8, 4) is 10.6 Å². The first-order valence-electron chi connectivity index (χ1n) is 9.50. The summed E-state index contributed by atoms with van der Waals surface area (Å²) in [6.45, 7) is 1.62. The summed E-state index contributed by atoms with van der Waals surface area (Å²) in [5.74, 6) is -1.40. The molecule has 0 unspecified atom stereocenters. The normalized spacial score (nSPS) is 10.9. The lowest BCUT2D eigenvalue weighted by Crippen LogP contribution is -2.30. The Morgan fingerprint density at radius 1 is 1.23 bits per heavy atom. The van der Waals surface area contributed by atoms with Gasteiger partial charge < -0.3 is 14.6 Å². The third-order valence-electron chi connectivity index (χ3n) is 4.59. The molecule has 31 heavy (non-hydrogen) atoms. The Bertz CT molecular complexity index is 1220. The molecule has 1 amide bonds. The number of fused-ring (bicyclic) bond motifs is 1. The van der Waals surface area contributed by atoms with Crippen molar-refractivity contribution in [2.75, 3.05) is 13.2 Å². The third-order valence-corrected chi connectivity index (χ3v) is 5.49. The van der Waals surface area contributed by atoms with Gasteiger partial charge in [-0.1, -0.05) is 23.4 Å². The summed E-state index contributed by atoms with van der Waals surface area (Å²) < 4.78 is 23.4. The number of hydrogen-bond donors (Lipinski definition) is 1. The maximum absolute atomic E-state index is 12.9. The molecule has 0 saturated heterocycles. The van der Waals surface area contributed by atoms with Gasteiger partial charge in [-0.3, -0.25) is 4.79 Å². The van der Waals surface area contributed by atoms with Gasteiger partial charge in [-0.05, 0) is 48.6 Å². The maximum atomic E-state index is 12.9. The number of amides is 1. The quantitative estimate of drug-likeness (QED) is 0.439. The molecule has 4 rings (SSSR count). The van der Waals surface area contributed by atoms with E-state index in [1.807, 2.05) is 17.5 Å². The van der Waals surface area contributed by atoms with E-state index in [0.717, 1.165) is 10.4 Å². The number of esters is 1. The van der Waals surface area contributed by atoms with Crippen molar-refractivity contribution in [2.24, 2.45) is 0 Å². The van der Waals surface area contributed by atoms with Crippen LogP contribution in [0.25, 0.3) is 21.7 Å². The average molecular weight is 439 g/mol. The molecule has 9 heteroatoms. The zero-order valence-corrected chi connectivity index (χ0v) is 17.4. The van der Waals surface area contributed by atoms with Crippen LogP contribution in [0.3, 0.4) is 0 Å². The number of rotatable bonds is 7. The Hall–Kier alpha value is -3.59. The molecule has 3 aromatic heterocycles. The van der Waals surface area contributed by atoms with Crippen molar-refractivity contribution in [1.29, 1.82) is 0 Å². The summed E-state index contributed by atoms with van der Waals surface area (Å²) in [5.41, 5.74) is 2.44. The molecule has 0 bridgehead atoms. The topological polar surface area (TPSA) is 94.3 Å². The van der Waals surface area contributed by atoms with Crippen molar-refractivity contribution < 1.29 is 23.2 Å². The van der Waals surface area contributed by atoms with E-state index >= 15 is 0 Å². The number of hydrogen-bond acceptors (Lipinski definition) is 7. The monoisotopic (exact) mass is 439 g/mol. The predicted molar refractivity (Wildman–Crippen MR) is 113 cm³/mol. The number of pyridine rings is 1. The van der Waals surface area contributed by atoms with Gasteiger partial charge in [0.15, 0.2) is 6.61 Å². The van der Waals surface area contributed by atoms with Crippen LogP contribution in [0, 0.1) is 12.7 Å². The Morgan fingerprint density at radius 3 is 2.77 bits per heavy atom. The van der Waals surface area contributed by atoms with E-state index in [-0.39, 0.29) is 17.1 Å². The van der Waals surface area contributed by atoms with Crippen LogP contribution < -0.4 is 5.32 Å². The molecule has 0 saturated carbocycles. The van der Waals surface area contributed by atoms with Gasteiger partial charge in [0.05, 0.1) is 27.2 Å². The maximum Gasteiger partial charge on any atom is 0.339 e. The van der Waals surface area contributed by atoms with Crippen LogP contribution in [0.15, 0.2) is 52.4 Å². The highest BCUT2D eigenvalue weighted by molar-refractivity contribution is 7.13. The van der Waals surface area contributed by atoms with E-state index in [2.05, 4.69) is 15.5 Å². The van der Waals surface area contributed by atoms with Crippen molar-refractivity contribution in [2.45, 2.75) is 13.3 Å². The summed E-state index contributed by atoms with van der Waals surface area (Å²) >= 11 is 1.48. The fourth-order valence-corrected chi connectivity index (χ4v) is 3.75. The molecule has 1 aromatic carbocycles. The number of benzene rings is 1. The second-order valence-electron chi connectivity index (χ2n) is 6.78. The number of thiophene rings is 1. The van der Waals surface area contributed by atoms with Gasteiger partial charge >= 0.3 is 5.97 Å². The number of aryl methyl sites for hydroxylation is 1. The molecule has 0 aliphatic heterocycles. The highest BCUT2D eigenvalue weighted by atomic mass is 32.1. The van der Waals surface area contributed by atoms with Gasteiger partial charge in [0.25, 0.3) is 11.6 Å². The molecule has 0 aliphatic carbocycles. The summed E-state index contributed by atoms with van der Waals surface area (Å²) in [7, 11) is 0. The summed E-state index contributed by atoms with van der Waals surface area (Å²) in [6, 6.07) is 11.4. The first kappa shape index (κ1) is 20.7. The molecule has 0 aliphatic rings. The highest BCUT2D eigenvalue weighted by Gasteiger charge is 2.21. The number of nitrogens with one attached hydrogen (secondary N) is 1. The Labute approximate surface area is 180 Å². The fourth-order valence-electron chi connectivity index (χ4n) is 3.06. The molecule has 0 radical (unpaired) electrons. The van der Waals surface area contributed by atoms with Gasteiger partial charge in [-0.15, -0.1) is 11.3 Å². The number of halogens is 1. The standard InChI is InChI=1S/C22H18FN3O4S/c1-13-20-16(11-17(18-3-2-10-31-18)25-21(20)30-26-13)22(28)29-12-19(27)24-9-8-14-4-6-15(23)7-5-14/h2-7,10-11H,8-9,12H2,1H3,(H,24,27). The van der Waals surface area contributed by atoms with Gasteiger partial charge in [-0.25, -0.2) is 14.2 Å². The highest BCUT2D eigenvalue weighted by Crippen LogP contribution is 2.29. The van der Waals surface area contributed by atoms with Gasteiger partial charge in [0, 0.05) is 6.54 Å². The summed E-state index contributed by atoms with van der Waals surface area (Å²) in [6.07, 6.45) is 0.537. The van der Waals surface area contributed by atoms with E-state index in [1.165, 1.54) is 23.5 Å². The van der Waals surface area contributed by atoms with Crippen LogP contribution in [-0.4, -0.2) is 35.2 Å². The minimum atomic E-state index is -0.662. The van der Waals surface area contributed by atoms with Crippen molar-refractivity contribution in [1.82, 2.24) is 15.5 Å². The van der Waals surface area contributed by atoms with E-state index in [0.29, 0.717) is 29.7 Å². The van der Waals surface area contributed by atoms with Gasteiger partial charge in [-0.2, -0.15) is 0 Å². The smallest absolute Gasteiger partial charge is 0.339 e. The number of carbonyl (C=O) groups is 2. The van der Waals surface area contributed by atoms with Crippen LogP contribution in [0.1, 0.15) is 21.6 Å². The largest absolute Gasteiger partial charge is 0.452 e. The molecule has 7 nitrogen and oxygen atoms in total.